The molecule has 2 saturated heterocycles. The van der Waals surface area contributed by atoms with Gasteiger partial charge in [-0.25, -0.2) is 4.79 Å². The van der Waals surface area contributed by atoms with Crippen molar-refractivity contribution in [2.45, 2.75) is 24.7 Å². The molecule has 0 saturated carbocycles. The zero-order valence-corrected chi connectivity index (χ0v) is 16.7. The third-order valence-electron chi connectivity index (χ3n) is 6.42. The van der Waals surface area contributed by atoms with Gasteiger partial charge in [0.15, 0.2) is 11.5 Å². The smallest absolute Gasteiger partial charge is 0.404 e. The molecule has 1 aliphatic carbocycles. The van der Waals surface area contributed by atoms with Gasteiger partial charge in [-0.2, -0.15) is 0 Å². The number of allylic oxidation sites excluding steroid dienone is 1. The summed E-state index contributed by atoms with van der Waals surface area (Å²) in [6.45, 7) is 2.35. The fourth-order valence-corrected chi connectivity index (χ4v) is 5.26. The van der Waals surface area contributed by atoms with Crippen LogP contribution in [0.4, 0.5) is 4.79 Å². The summed E-state index contributed by atoms with van der Waals surface area (Å²) in [7, 11) is 3.52. The molecule has 3 aliphatic heterocycles. The van der Waals surface area contributed by atoms with Crippen LogP contribution in [0.1, 0.15) is 6.92 Å². The average molecular weight is 411 g/mol. The quantitative estimate of drug-likeness (QED) is 0.492. The maximum atomic E-state index is 13.4. The predicted molar refractivity (Wildman–Crippen MR) is 100 cm³/mol. The predicted octanol–water partition coefficient (Wildman–Crippen LogP) is -0.226. The Balaban J connectivity index is 1.83. The molecule has 6 unspecified atom stereocenters. The van der Waals surface area contributed by atoms with Gasteiger partial charge in [0, 0.05) is 31.1 Å². The second-order valence-corrected chi connectivity index (χ2v) is 7.94. The number of ether oxygens (including phenoxy) is 2. The van der Waals surface area contributed by atoms with E-state index >= 15 is 0 Å². The van der Waals surface area contributed by atoms with Crippen molar-refractivity contribution in [2.75, 3.05) is 39.7 Å². The lowest BCUT2D eigenvalue weighted by Crippen LogP contribution is -2.55. The second-order valence-electron chi connectivity index (χ2n) is 7.56. The van der Waals surface area contributed by atoms with E-state index in [0.29, 0.717) is 17.8 Å². The number of nitrogens with zero attached hydrogens (tertiary/aromatic N) is 3. The molecular weight excluding hydrogens is 388 g/mol. The summed E-state index contributed by atoms with van der Waals surface area (Å²) < 4.78 is 11.1. The number of likely N-dealkylation sites (N-methyl/N-ethyl adjacent to an activating group) is 1. The van der Waals surface area contributed by atoms with Gasteiger partial charge in [-0.1, -0.05) is 0 Å². The highest BCUT2D eigenvalue weighted by molar-refractivity contribution is 6.53. The number of hydrogen-bond acceptors (Lipinski definition) is 8. The lowest BCUT2D eigenvalue weighted by molar-refractivity contribution is -0.145. The number of carbonyl (C=O) groups is 3. The third-order valence-corrected chi connectivity index (χ3v) is 6.59. The minimum absolute atomic E-state index is 0.0105. The number of carbonyl (C=O) groups excluding carboxylic acids is 3. The molecule has 0 spiro atoms. The highest BCUT2D eigenvalue weighted by Gasteiger charge is 2.75. The van der Waals surface area contributed by atoms with Crippen LogP contribution in [0.5, 0.6) is 0 Å². The number of hydrogen-bond donors (Lipinski definition) is 1. The van der Waals surface area contributed by atoms with Crippen LogP contribution in [-0.2, 0) is 19.1 Å². The Labute approximate surface area is 167 Å². The van der Waals surface area contributed by atoms with Gasteiger partial charge in [0.05, 0.1) is 35.8 Å². The molecule has 2 N–H and O–H groups in total. The van der Waals surface area contributed by atoms with Crippen molar-refractivity contribution < 1.29 is 23.9 Å². The number of alkyl halides is 1. The van der Waals surface area contributed by atoms with Gasteiger partial charge in [-0.15, -0.1) is 11.6 Å². The Morgan fingerprint density at radius 2 is 2.14 bits per heavy atom. The fraction of sp³-hybridized carbons (Fsp3) is 0.667. The van der Waals surface area contributed by atoms with Crippen molar-refractivity contribution in [3.63, 3.8) is 0 Å². The van der Waals surface area contributed by atoms with E-state index in [2.05, 4.69) is 9.89 Å². The summed E-state index contributed by atoms with van der Waals surface area (Å²) in [5, 5.41) is 0. The molecule has 0 aromatic rings. The van der Waals surface area contributed by atoms with Crippen LogP contribution in [0.25, 0.3) is 0 Å². The van der Waals surface area contributed by atoms with Crippen molar-refractivity contribution in [2.24, 2.45) is 22.6 Å². The normalized spacial score (nSPS) is 39.9. The molecule has 3 heterocycles. The zero-order valence-electron chi connectivity index (χ0n) is 16.0. The first-order valence-electron chi connectivity index (χ1n) is 9.21. The Kier molecular flexibility index (Phi) is 4.52. The summed E-state index contributed by atoms with van der Waals surface area (Å²) in [6.07, 6.45) is -0.940. The standard InChI is InChI=1S/C18H23ClN4O5/c1-8-12(21-5-4-19)15(25)11-9(7-28-17(20)26)18(27-3)16-10(22(16)2)6-23(18)13(11)14(8)24/h8-10,16H,4-7H2,1-3H3,(H2,20,26). The Hall–Kier alpha value is -1.97. The van der Waals surface area contributed by atoms with Gasteiger partial charge in [0.25, 0.3) is 0 Å². The third kappa shape index (κ3) is 2.33. The van der Waals surface area contributed by atoms with Gasteiger partial charge in [-0.05, 0) is 14.0 Å². The monoisotopic (exact) mass is 410 g/mol. The number of primary amides is 1. The zero-order chi connectivity index (χ0) is 20.4. The second kappa shape index (κ2) is 6.53. The van der Waals surface area contributed by atoms with Crippen LogP contribution in [0.15, 0.2) is 16.3 Å². The molecule has 2 fully saturated rings. The molecule has 0 radical (unpaired) electrons. The molecule has 9 nitrogen and oxygen atoms in total. The van der Waals surface area contributed by atoms with Gasteiger partial charge >= 0.3 is 6.09 Å². The SMILES string of the molecule is COC12C(COC(N)=O)C3=C(C(=O)C(C)C(=NCCCl)C3=O)N1CC1C2N1C. The number of methoxy groups -OCH3 is 1. The van der Waals surface area contributed by atoms with E-state index in [-0.39, 0.29) is 48.4 Å². The van der Waals surface area contributed by atoms with Crippen LogP contribution in [0.2, 0.25) is 0 Å². The molecule has 152 valence electrons. The van der Waals surface area contributed by atoms with E-state index in [1.165, 1.54) is 0 Å². The van der Waals surface area contributed by atoms with E-state index in [1.807, 2.05) is 11.9 Å². The number of halogens is 1. The number of Topliss-reactive ketones (excluding diaryl/α,β-unsaturated/α-hetero) is 2. The lowest BCUT2D eigenvalue weighted by Gasteiger charge is -2.40. The van der Waals surface area contributed by atoms with Gasteiger partial charge in [0.2, 0.25) is 5.78 Å². The first kappa shape index (κ1) is 19.4. The van der Waals surface area contributed by atoms with Gasteiger partial charge < -0.3 is 20.1 Å². The van der Waals surface area contributed by atoms with Gasteiger partial charge in [0.1, 0.15) is 6.61 Å². The molecule has 4 aliphatic rings. The minimum atomic E-state index is -0.952. The molecule has 28 heavy (non-hydrogen) atoms. The van der Waals surface area contributed by atoms with Crippen molar-refractivity contribution in [3.05, 3.63) is 11.3 Å². The number of piperazine rings is 1. The first-order chi connectivity index (χ1) is 13.3. The summed E-state index contributed by atoms with van der Waals surface area (Å²) in [5.74, 6) is -1.52. The summed E-state index contributed by atoms with van der Waals surface area (Å²) in [4.78, 5) is 46.2. The summed E-state index contributed by atoms with van der Waals surface area (Å²) in [6, 6.07) is 0.207. The van der Waals surface area contributed by atoms with E-state index < -0.39 is 23.7 Å². The van der Waals surface area contributed by atoms with E-state index in [9.17, 15) is 14.4 Å². The molecule has 6 atom stereocenters. The number of nitrogens with two attached hydrogens (primary N) is 1. The number of aliphatic imine (C=N–C) groups is 1. The van der Waals surface area contributed by atoms with Crippen LogP contribution in [-0.4, -0.2) is 90.7 Å². The molecule has 4 rings (SSSR count). The lowest BCUT2D eigenvalue weighted by atomic mass is 9.78. The fourth-order valence-electron chi connectivity index (χ4n) is 5.17. The number of rotatable bonds is 5. The maximum Gasteiger partial charge on any atom is 0.404 e. The van der Waals surface area contributed by atoms with Crippen molar-refractivity contribution in [1.82, 2.24) is 9.80 Å². The average Bonchev–Trinajstić information content (AvgIpc) is 3.04. The molecule has 0 aromatic heterocycles. The van der Waals surface area contributed by atoms with E-state index in [0.717, 1.165) is 0 Å². The molecule has 1 amide bonds. The Morgan fingerprint density at radius 1 is 1.43 bits per heavy atom. The van der Waals surface area contributed by atoms with Crippen LogP contribution in [0.3, 0.4) is 0 Å². The van der Waals surface area contributed by atoms with Gasteiger partial charge in [-0.3, -0.25) is 19.5 Å². The maximum absolute atomic E-state index is 13.4. The molecule has 0 aromatic carbocycles. The highest BCUT2D eigenvalue weighted by atomic mass is 35.5. The van der Waals surface area contributed by atoms with Crippen molar-refractivity contribution in [3.8, 4) is 0 Å². The largest absolute Gasteiger partial charge is 0.449 e. The van der Waals surface area contributed by atoms with Crippen LogP contribution in [0, 0.1) is 11.8 Å². The molecule has 10 heteroatoms. The number of fused-ring (bicyclic) bond motifs is 4. The van der Waals surface area contributed by atoms with Crippen LogP contribution >= 0.6 is 11.6 Å². The Bertz CT molecular complexity index is 827. The summed E-state index contributed by atoms with van der Waals surface area (Å²) in [5.41, 5.74) is 5.09. The van der Waals surface area contributed by atoms with Crippen molar-refractivity contribution >= 4 is 35.0 Å². The highest BCUT2D eigenvalue weighted by Crippen LogP contribution is 2.59. The Morgan fingerprint density at radius 3 is 2.75 bits per heavy atom. The van der Waals surface area contributed by atoms with E-state index in [4.69, 9.17) is 26.8 Å². The molecular formula is C18H23ClN4O5. The first-order valence-corrected chi connectivity index (χ1v) is 9.75. The molecule has 0 bridgehead atoms. The summed E-state index contributed by atoms with van der Waals surface area (Å²) >= 11 is 5.72. The van der Waals surface area contributed by atoms with Crippen LogP contribution < -0.4 is 5.73 Å². The number of ketones is 2. The van der Waals surface area contributed by atoms with Crippen molar-refractivity contribution in [1.29, 1.82) is 0 Å². The van der Waals surface area contributed by atoms with E-state index in [1.54, 1.807) is 14.0 Å². The minimum Gasteiger partial charge on any atom is -0.449 e. The topological polar surface area (TPSA) is 114 Å². The number of amides is 1.